The van der Waals surface area contributed by atoms with Gasteiger partial charge in [-0.2, -0.15) is 5.26 Å². The summed E-state index contributed by atoms with van der Waals surface area (Å²) in [4.78, 5) is 0. The molecule has 0 bridgehead atoms. The largest absolute Gasteiger partial charge is 0.229 e. The highest BCUT2D eigenvalue weighted by molar-refractivity contribution is 7.91. The lowest BCUT2D eigenvalue weighted by atomic mass is 10.4. The molecule has 0 unspecified atom stereocenters. The van der Waals surface area contributed by atoms with Crippen molar-refractivity contribution in [3.8, 4) is 6.07 Å². The monoisotopic (exact) mass is 175 g/mol. The van der Waals surface area contributed by atoms with E-state index in [1.165, 1.54) is 0 Å². The first-order chi connectivity index (χ1) is 5.12. The van der Waals surface area contributed by atoms with Gasteiger partial charge in [-0.05, 0) is 12.8 Å². The smallest absolute Gasteiger partial charge is 0.150 e. The first-order valence-electron chi connectivity index (χ1n) is 3.69. The minimum atomic E-state index is -2.55. The summed E-state index contributed by atoms with van der Waals surface area (Å²) in [6, 6.07) is 1.93. The normalized spacial score (nSPS) is 19.6. The van der Waals surface area contributed by atoms with Crippen LogP contribution in [0, 0.1) is 11.3 Å². The number of nitrogens with zero attached hydrogens (tertiary/aromatic N) is 1. The molecule has 0 spiro atoms. The second-order valence-electron chi connectivity index (χ2n) is 2.37. The van der Waals surface area contributed by atoms with Gasteiger partial charge in [0.1, 0.15) is 9.84 Å². The maximum Gasteiger partial charge on any atom is 0.150 e. The van der Waals surface area contributed by atoms with Crippen LogP contribution in [-0.2, 0) is 9.84 Å². The lowest BCUT2D eigenvalue weighted by Gasteiger charge is -1.81. The molecule has 0 aromatic heterocycles. The van der Waals surface area contributed by atoms with Crippen molar-refractivity contribution in [1.29, 1.82) is 5.26 Å². The van der Waals surface area contributed by atoms with Gasteiger partial charge in [0.2, 0.25) is 0 Å². The summed E-state index contributed by atoms with van der Waals surface area (Å²) in [6.07, 6.45) is 2.38. The minimum absolute atomic E-state index is 0.424. The number of hydrogen-bond donors (Lipinski definition) is 0. The Morgan fingerprint density at radius 3 is 1.82 bits per heavy atom. The second kappa shape index (κ2) is 5.14. The van der Waals surface area contributed by atoms with E-state index in [9.17, 15) is 8.42 Å². The molecule has 1 aliphatic rings. The SMILES string of the molecule is CCC#N.O=S1(=O)CCCC1. The van der Waals surface area contributed by atoms with Crippen molar-refractivity contribution in [2.75, 3.05) is 11.5 Å². The number of rotatable bonds is 0. The van der Waals surface area contributed by atoms with E-state index < -0.39 is 9.84 Å². The second-order valence-corrected chi connectivity index (χ2v) is 4.67. The number of nitriles is 1. The fourth-order valence-electron chi connectivity index (χ4n) is 0.746. The number of hydrogen-bond acceptors (Lipinski definition) is 3. The van der Waals surface area contributed by atoms with Crippen LogP contribution in [0.2, 0.25) is 0 Å². The molecule has 64 valence electrons. The Bertz CT molecular complexity index is 213. The van der Waals surface area contributed by atoms with Gasteiger partial charge in [0, 0.05) is 6.42 Å². The molecule has 0 atom stereocenters. The Balaban J connectivity index is 0.000000218. The summed E-state index contributed by atoms with van der Waals surface area (Å²) >= 11 is 0. The highest BCUT2D eigenvalue weighted by Crippen LogP contribution is 2.08. The van der Waals surface area contributed by atoms with Crippen LogP contribution in [0.1, 0.15) is 26.2 Å². The van der Waals surface area contributed by atoms with Gasteiger partial charge in [0.15, 0.2) is 0 Å². The molecule has 1 heterocycles. The van der Waals surface area contributed by atoms with E-state index in [-0.39, 0.29) is 0 Å². The van der Waals surface area contributed by atoms with Crippen molar-refractivity contribution >= 4 is 9.84 Å². The first-order valence-corrected chi connectivity index (χ1v) is 5.52. The number of sulfone groups is 1. The zero-order valence-corrected chi connectivity index (χ0v) is 7.52. The molecule has 0 saturated carbocycles. The molecule has 1 rings (SSSR count). The average Bonchev–Trinajstić information content (AvgIpc) is 2.35. The third-order valence-corrected chi connectivity index (χ3v) is 3.14. The molecule has 1 fully saturated rings. The van der Waals surface area contributed by atoms with E-state index >= 15 is 0 Å². The van der Waals surface area contributed by atoms with E-state index in [0.717, 1.165) is 12.8 Å². The van der Waals surface area contributed by atoms with Crippen molar-refractivity contribution < 1.29 is 8.42 Å². The molecule has 0 N–H and O–H groups in total. The Hall–Kier alpha value is -0.560. The van der Waals surface area contributed by atoms with Crippen molar-refractivity contribution in [3.05, 3.63) is 0 Å². The summed E-state index contributed by atoms with van der Waals surface area (Å²) in [7, 11) is -2.55. The molecule has 0 radical (unpaired) electrons. The van der Waals surface area contributed by atoms with Gasteiger partial charge in [-0.1, -0.05) is 6.92 Å². The molecule has 11 heavy (non-hydrogen) atoms. The molecule has 0 amide bonds. The predicted molar refractivity (Wildman–Crippen MR) is 43.8 cm³/mol. The van der Waals surface area contributed by atoms with Gasteiger partial charge in [-0.15, -0.1) is 0 Å². The van der Waals surface area contributed by atoms with Crippen LogP contribution in [0.5, 0.6) is 0 Å². The van der Waals surface area contributed by atoms with E-state index in [2.05, 4.69) is 0 Å². The lowest BCUT2D eigenvalue weighted by Crippen LogP contribution is -1.98. The molecule has 0 aromatic carbocycles. The zero-order chi connectivity index (χ0) is 8.74. The highest BCUT2D eigenvalue weighted by Gasteiger charge is 2.16. The summed E-state index contributed by atoms with van der Waals surface area (Å²) in [5.41, 5.74) is 0. The lowest BCUT2D eigenvalue weighted by molar-refractivity contribution is 0.602. The van der Waals surface area contributed by atoms with E-state index in [1.807, 2.05) is 13.0 Å². The maximum absolute atomic E-state index is 10.4. The van der Waals surface area contributed by atoms with Crippen molar-refractivity contribution in [2.24, 2.45) is 0 Å². The van der Waals surface area contributed by atoms with Crippen LogP contribution in [0.15, 0.2) is 0 Å². The Morgan fingerprint density at radius 2 is 1.73 bits per heavy atom. The fraction of sp³-hybridized carbons (Fsp3) is 0.857. The Morgan fingerprint density at radius 1 is 1.36 bits per heavy atom. The topological polar surface area (TPSA) is 57.9 Å². The molecule has 4 heteroatoms. The first kappa shape index (κ1) is 10.4. The van der Waals surface area contributed by atoms with Crippen molar-refractivity contribution in [1.82, 2.24) is 0 Å². The Kier molecular flexibility index (Phi) is 4.88. The maximum atomic E-state index is 10.4. The summed E-state index contributed by atoms with van der Waals surface area (Å²) < 4.78 is 20.9. The molecule has 3 nitrogen and oxygen atoms in total. The summed E-state index contributed by atoms with van der Waals surface area (Å²) in [5.74, 6) is 0.847. The average molecular weight is 175 g/mol. The predicted octanol–water partition coefficient (Wildman–Crippen LogP) is 1.11. The molecular formula is C7H13NO2S. The van der Waals surface area contributed by atoms with Gasteiger partial charge < -0.3 is 0 Å². The van der Waals surface area contributed by atoms with Crippen molar-refractivity contribution in [3.63, 3.8) is 0 Å². The highest BCUT2D eigenvalue weighted by atomic mass is 32.2. The van der Waals surface area contributed by atoms with Crippen molar-refractivity contribution in [2.45, 2.75) is 26.2 Å². The summed E-state index contributed by atoms with van der Waals surface area (Å²) in [5, 5.41) is 7.62. The molecular weight excluding hydrogens is 162 g/mol. The van der Waals surface area contributed by atoms with Crippen LogP contribution in [0.25, 0.3) is 0 Å². The summed E-state index contributed by atoms with van der Waals surface area (Å²) in [6.45, 7) is 1.82. The standard InChI is InChI=1S/C4H8O2S.C3H5N/c5-7(6)3-1-2-4-7;1-2-3-4/h1-4H2;2H2,1H3. The van der Waals surface area contributed by atoms with Crippen LogP contribution in [-0.4, -0.2) is 19.9 Å². The molecule has 0 aromatic rings. The van der Waals surface area contributed by atoms with Crippen LogP contribution in [0.3, 0.4) is 0 Å². The van der Waals surface area contributed by atoms with Gasteiger partial charge in [0.25, 0.3) is 0 Å². The van der Waals surface area contributed by atoms with Crippen LogP contribution < -0.4 is 0 Å². The quantitative estimate of drug-likeness (QED) is 0.554. The van der Waals surface area contributed by atoms with Gasteiger partial charge in [0.05, 0.1) is 17.6 Å². The van der Waals surface area contributed by atoms with Crippen LogP contribution in [0.4, 0.5) is 0 Å². The van der Waals surface area contributed by atoms with Gasteiger partial charge >= 0.3 is 0 Å². The van der Waals surface area contributed by atoms with Gasteiger partial charge in [-0.3, -0.25) is 0 Å². The van der Waals surface area contributed by atoms with E-state index in [0.29, 0.717) is 17.9 Å². The molecule has 1 aliphatic heterocycles. The zero-order valence-electron chi connectivity index (χ0n) is 6.71. The van der Waals surface area contributed by atoms with Gasteiger partial charge in [-0.25, -0.2) is 8.42 Å². The van der Waals surface area contributed by atoms with E-state index in [1.54, 1.807) is 0 Å². The third-order valence-electron chi connectivity index (χ3n) is 1.32. The molecule has 1 saturated heterocycles. The fourth-order valence-corrected chi connectivity index (χ4v) is 2.24. The Labute approximate surface area is 67.9 Å². The van der Waals surface area contributed by atoms with E-state index in [4.69, 9.17) is 5.26 Å². The minimum Gasteiger partial charge on any atom is -0.229 e. The van der Waals surface area contributed by atoms with Crippen LogP contribution >= 0.6 is 0 Å². The molecule has 0 aliphatic carbocycles. The third kappa shape index (κ3) is 5.86.